The predicted octanol–water partition coefficient (Wildman–Crippen LogP) is 4.69. The summed E-state index contributed by atoms with van der Waals surface area (Å²) in [6.45, 7) is 10.5. The lowest BCUT2D eigenvalue weighted by Gasteiger charge is -2.22. The molecule has 0 aromatic heterocycles. The molecule has 32 heavy (non-hydrogen) atoms. The Morgan fingerprint density at radius 2 is 1.75 bits per heavy atom. The zero-order valence-corrected chi connectivity index (χ0v) is 20.3. The number of carbonyl (C=O) groups excluding carboxylic acids is 3. The van der Waals surface area contributed by atoms with Crippen molar-refractivity contribution in [3.8, 4) is 0 Å². The quantitative estimate of drug-likeness (QED) is 0.443. The van der Waals surface area contributed by atoms with E-state index in [1.54, 1.807) is 0 Å². The highest BCUT2D eigenvalue weighted by atomic mass is 16.6. The molecule has 0 saturated carbocycles. The monoisotopic (exact) mass is 448 g/mol. The zero-order chi connectivity index (χ0) is 24.0. The summed E-state index contributed by atoms with van der Waals surface area (Å²) in [5, 5.41) is 2.73. The number of benzene rings is 1. The molecule has 0 aliphatic heterocycles. The van der Waals surface area contributed by atoms with Gasteiger partial charge in [0.25, 0.3) is 5.91 Å². The van der Waals surface area contributed by atoms with Crippen molar-refractivity contribution in [1.82, 2.24) is 10.2 Å². The van der Waals surface area contributed by atoms with Crippen LogP contribution in [0.5, 0.6) is 0 Å². The number of carbonyl (C=O) groups is 3. The van der Waals surface area contributed by atoms with Gasteiger partial charge >= 0.3 is 6.09 Å². The van der Waals surface area contributed by atoms with Crippen LogP contribution in [0.3, 0.4) is 0 Å². The molecule has 1 unspecified atom stereocenters. The first-order valence-corrected chi connectivity index (χ1v) is 11.5. The minimum atomic E-state index is -0.550. The van der Waals surface area contributed by atoms with Crippen LogP contribution >= 0.6 is 0 Å². The number of unbranched alkanes of at least 4 members (excludes halogenated alkanes) is 2. The second kappa shape index (κ2) is 14.6. The van der Waals surface area contributed by atoms with Crippen molar-refractivity contribution in [3.05, 3.63) is 35.9 Å². The molecule has 0 spiro atoms. The third-order valence-corrected chi connectivity index (χ3v) is 4.77. The van der Waals surface area contributed by atoms with Crippen LogP contribution in [0.15, 0.2) is 30.3 Å². The van der Waals surface area contributed by atoms with Crippen LogP contribution in [0.2, 0.25) is 0 Å². The third kappa shape index (κ3) is 12.4. The Balaban J connectivity index is 2.49. The second-order valence-corrected chi connectivity index (χ2v) is 9.15. The predicted molar refractivity (Wildman–Crippen MR) is 125 cm³/mol. The van der Waals surface area contributed by atoms with Crippen molar-refractivity contribution in [2.45, 2.75) is 78.9 Å². The molecule has 180 valence electrons. The molecule has 0 heterocycles. The highest BCUT2D eigenvalue weighted by Gasteiger charge is 2.22. The van der Waals surface area contributed by atoms with E-state index in [4.69, 9.17) is 9.47 Å². The first-order valence-electron chi connectivity index (χ1n) is 11.5. The Morgan fingerprint density at radius 1 is 1.06 bits per heavy atom. The first-order chi connectivity index (χ1) is 15.1. The van der Waals surface area contributed by atoms with Gasteiger partial charge in [-0.15, -0.1) is 0 Å². The topological polar surface area (TPSA) is 84.9 Å². The molecule has 1 rings (SSSR count). The molecule has 1 aromatic carbocycles. The molecule has 0 aliphatic rings. The van der Waals surface area contributed by atoms with Crippen LogP contribution in [-0.2, 0) is 25.7 Å². The van der Waals surface area contributed by atoms with Gasteiger partial charge in [-0.1, -0.05) is 57.0 Å². The summed E-state index contributed by atoms with van der Waals surface area (Å²) in [6, 6.07) is 9.62. The standard InChI is InChI=1S/C25H40N2O5/c1-6-7-11-16-27(23(29)19-31-18-21-12-9-8-10-13-21)22(28)15-14-20(2)17-26-24(30)32-25(3,4)5/h8-10,12-13,20H,6-7,11,14-19H2,1-5H3,(H,26,30). The van der Waals surface area contributed by atoms with Crippen LogP contribution in [0, 0.1) is 5.92 Å². The van der Waals surface area contributed by atoms with Gasteiger partial charge in [0.15, 0.2) is 0 Å². The Labute approximate surface area is 192 Å². The van der Waals surface area contributed by atoms with Gasteiger partial charge in [-0.05, 0) is 45.1 Å². The maximum atomic E-state index is 12.8. The normalized spacial score (nSPS) is 12.2. The molecule has 0 fully saturated rings. The first kappa shape index (κ1) is 27.6. The van der Waals surface area contributed by atoms with Gasteiger partial charge in [0.05, 0.1) is 6.61 Å². The van der Waals surface area contributed by atoms with E-state index in [0.717, 1.165) is 24.8 Å². The van der Waals surface area contributed by atoms with E-state index in [-0.39, 0.29) is 30.8 Å². The molecule has 0 aliphatic carbocycles. The molecule has 0 radical (unpaired) electrons. The smallest absolute Gasteiger partial charge is 0.407 e. The Kier molecular flexibility index (Phi) is 12.6. The number of rotatable bonds is 13. The lowest BCUT2D eigenvalue weighted by Crippen LogP contribution is -2.40. The molecule has 0 saturated heterocycles. The Hall–Kier alpha value is -2.41. The van der Waals surface area contributed by atoms with Crippen LogP contribution in [0.1, 0.15) is 72.3 Å². The highest BCUT2D eigenvalue weighted by molar-refractivity contribution is 5.95. The van der Waals surface area contributed by atoms with Gasteiger partial charge in [0.1, 0.15) is 12.2 Å². The Morgan fingerprint density at radius 3 is 2.38 bits per heavy atom. The number of nitrogens with zero attached hydrogens (tertiary/aromatic N) is 1. The number of alkyl carbamates (subject to hydrolysis) is 1. The van der Waals surface area contributed by atoms with E-state index in [1.165, 1.54) is 4.90 Å². The number of amides is 3. The van der Waals surface area contributed by atoms with Crippen LogP contribution in [0.4, 0.5) is 4.79 Å². The van der Waals surface area contributed by atoms with Crippen molar-refractivity contribution in [3.63, 3.8) is 0 Å². The Bertz CT molecular complexity index is 700. The number of nitrogens with one attached hydrogen (secondary N) is 1. The summed E-state index contributed by atoms with van der Waals surface area (Å²) in [6.07, 6.45) is 3.09. The van der Waals surface area contributed by atoms with E-state index >= 15 is 0 Å². The summed E-state index contributed by atoms with van der Waals surface area (Å²) in [5.41, 5.74) is 0.432. The molecular formula is C25H40N2O5. The van der Waals surface area contributed by atoms with Crippen molar-refractivity contribution >= 4 is 17.9 Å². The molecule has 1 aromatic rings. The average molecular weight is 449 g/mol. The minimum Gasteiger partial charge on any atom is -0.444 e. The van der Waals surface area contributed by atoms with E-state index < -0.39 is 11.7 Å². The lowest BCUT2D eigenvalue weighted by molar-refractivity contribution is -0.148. The number of hydrogen-bond donors (Lipinski definition) is 1. The summed E-state index contributed by atoms with van der Waals surface area (Å²) in [4.78, 5) is 38.6. The van der Waals surface area contributed by atoms with E-state index in [2.05, 4.69) is 12.2 Å². The summed E-state index contributed by atoms with van der Waals surface area (Å²) < 4.78 is 10.8. The summed E-state index contributed by atoms with van der Waals surface area (Å²) in [7, 11) is 0. The molecule has 3 amide bonds. The van der Waals surface area contributed by atoms with Crippen molar-refractivity contribution < 1.29 is 23.9 Å². The van der Waals surface area contributed by atoms with Gasteiger partial charge in [-0.25, -0.2) is 4.79 Å². The fourth-order valence-corrected chi connectivity index (χ4v) is 3.00. The van der Waals surface area contributed by atoms with Crippen molar-refractivity contribution in [2.24, 2.45) is 5.92 Å². The maximum absolute atomic E-state index is 12.8. The number of imide groups is 1. The SMILES string of the molecule is CCCCCN(C(=O)CCC(C)CNC(=O)OC(C)(C)C)C(=O)COCc1ccccc1. The van der Waals surface area contributed by atoms with Gasteiger partial charge in [0.2, 0.25) is 5.91 Å². The molecule has 1 atom stereocenters. The van der Waals surface area contributed by atoms with E-state index in [1.807, 2.05) is 58.0 Å². The van der Waals surface area contributed by atoms with E-state index in [9.17, 15) is 14.4 Å². The van der Waals surface area contributed by atoms with Crippen molar-refractivity contribution in [1.29, 1.82) is 0 Å². The summed E-state index contributed by atoms with van der Waals surface area (Å²) in [5.74, 6) is -0.423. The maximum Gasteiger partial charge on any atom is 0.407 e. The lowest BCUT2D eigenvalue weighted by atomic mass is 10.0. The number of ether oxygens (including phenoxy) is 2. The summed E-state index contributed by atoms with van der Waals surface area (Å²) >= 11 is 0. The van der Waals surface area contributed by atoms with Gasteiger partial charge < -0.3 is 14.8 Å². The number of hydrogen-bond acceptors (Lipinski definition) is 5. The largest absolute Gasteiger partial charge is 0.444 e. The molecule has 0 bridgehead atoms. The molecule has 7 nitrogen and oxygen atoms in total. The highest BCUT2D eigenvalue weighted by Crippen LogP contribution is 2.11. The van der Waals surface area contributed by atoms with E-state index in [0.29, 0.717) is 26.1 Å². The van der Waals surface area contributed by atoms with Crippen LogP contribution in [-0.4, -0.2) is 48.1 Å². The second-order valence-electron chi connectivity index (χ2n) is 9.15. The third-order valence-electron chi connectivity index (χ3n) is 4.77. The molecular weight excluding hydrogens is 408 g/mol. The molecule has 1 N–H and O–H groups in total. The van der Waals surface area contributed by atoms with Gasteiger partial charge in [0, 0.05) is 19.5 Å². The fourth-order valence-electron chi connectivity index (χ4n) is 3.00. The van der Waals surface area contributed by atoms with Gasteiger partial charge in [-0.3, -0.25) is 14.5 Å². The molecule has 7 heteroatoms. The minimum absolute atomic E-state index is 0.0772. The average Bonchev–Trinajstić information content (AvgIpc) is 2.73. The zero-order valence-electron chi connectivity index (χ0n) is 20.3. The van der Waals surface area contributed by atoms with Gasteiger partial charge in [-0.2, -0.15) is 0 Å². The van der Waals surface area contributed by atoms with Crippen LogP contribution < -0.4 is 5.32 Å². The van der Waals surface area contributed by atoms with Crippen molar-refractivity contribution in [2.75, 3.05) is 19.7 Å². The van der Waals surface area contributed by atoms with Crippen LogP contribution in [0.25, 0.3) is 0 Å². The fraction of sp³-hybridized carbons (Fsp3) is 0.640.